The summed E-state index contributed by atoms with van der Waals surface area (Å²) in [6.45, 7) is 1.38. The van der Waals surface area contributed by atoms with E-state index in [1.165, 1.54) is 4.90 Å². The predicted octanol–water partition coefficient (Wildman–Crippen LogP) is 1.50. The molecule has 136 valence electrons. The first-order chi connectivity index (χ1) is 10.2. The van der Waals surface area contributed by atoms with Crippen molar-refractivity contribution in [2.75, 3.05) is 32.8 Å². The lowest BCUT2D eigenvalue weighted by Crippen LogP contribution is -2.70. The summed E-state index contributed by atoms with van der Waals surface area (Å²) in [6, 6.07) is 0. The minimum absolute atomic E-state index is 0.283. The van der Waals surface area contributed by atoms with Gasteiger partial charge in [0.2, 0.25) is 0 Å². The number of hydrogen-bond acceptors (Lipinski definition) is 5. The molecule has 0 saturated carbocycles. The second-order valence-electron chi connectivity index (χ2n) is 5.58. The van der Waals surface area contributed by atoms with Gasteiger partial charge in [-0.2, -0.15) is 26.3 Å². The lowest BCUT2D eigenvalue weighted by atomic mass is 9.84. The number of carbonyl (C=O) groups excluding carboxylic acids is 1. The summed E-state index contributed by atoms with van der Waals surface area (Å²) in [7, 11) is 0. The van der Waals surface area contributed by atoms with Gasteiger partial charge in [-0.1, -0.05) is 0 Å². The quantitative estimate of drug-likeness (QED) is 0.613. The Morgan fingerprint density at radius 2 is 1.52 bits per heavy atom. The highest BCUT2D eigenvalue weighted by Crippen LogP contribution is 2.50. The van der Waals surface area contributed by atoms with Crippen molar-refractivity contribution in [3.05, 3.63) is 0 Å². The van der Waals surface area contributed by atoms with E-state index in [-0.39, 0.29) is 13.2 Å². The van der Waals surface area contributed by atoms with Crippen LogP contribution in [0.25, 0.3) is 0 Å². The number of esters is 1. The molecule has 1 aliphatic rings. The topological polar surface area (TPSA) is 59.0 Å². The van der Waals surface area contributed by atoms with Crippen molar-refractivity contribution >= 4 is 5.97 Å². The number of alkyl halides is 6. The molecule has 0 aromatic heterocycles. The Balaban J connectivity index is 2.91. The van der Waals surface area contributed by atoms with Crippen LogP contribution in [0.2, 0.25) is 0 Å². The standard InChI is InChI=1S/C12H17F6NO4/c1-9(2,10(21,11(13,14)15)12(16,17)18)23-8(20)7-19-3-5-22-6-4-19/h21H,3-7H2,1-2H3. The number of halogens is 6. The number of ether oxygens (including phenoxy) is 2. The number of aliphatic hydroxyl groups is 1. The van der Waals surface area contributed by atoms with Gasteiger partial charge in [0.15, 0.2) is 5.60 Å². The van der Waals surface area contributed by atoms with E-state index < -0.39 is 36.1 Å². The molecule has 1 N–H and O–H groups in total. The van der Waals surface area contributed by atoms with Crippen LogP contribution in [0.4, 0.5) is 26.3 Å². The van der Waals surface area contributed by atoms with Gasteiger partial charge in [0, 0.05) is 13.1 Å². The van der Waals surface area contributed by atoms with Crippen molar-refractivity contribution in [2.24, 2.45) is 0 Å². The molecular weight excluding hydrogens is 336 g/mol. The van der Waals surface area contributed by atoms with Gasteiger partial charge in [-0.3, -0.25) is 9.69 Å². The Morgan fingerprint density at radius 3 is 1.91 bits per heavy atom. The van der Waals surface area contributed by atoms with Crippen LogP contribution in [0.3, 0.4) is 0 Å². The van der Waals surface area contributed by atoms with Crippen LogP contribution >= 0.6 is 0 Å². The molecule has 23 heavy (non-hydrogen) atoms. The molecular formula is C12H17F6NO4. The van der Waals surface area contributed by atoms with Crippen LogP contribution in [0.5, 0.6) is 0 Å². The summed E-state index contributed by atoms with van der Waals surface area (Å²) >= 11 is 0. The number of nitrogens with zero attached hydrogens (tertiary/aromatic N) is 1. The van der Waals surface area contributed by atoms with E-state index >= 15 is 0 Å². The van der Waals surface area contributed by atoms with Gasteiger partial charge in [0.05, 0.1) is 19.8 Å². The maximum Gasteiger partial charge on any atom is 0.430 e. The molecule has 0 unspecified atom stereocenters. The van der Waals surface area contributed by atoms with Gasteiger partial charge >= 0.3 is 18.3 Å². The molecule has 0 amide bonds. The number of hydrogen-bond donors (Lipinski definition) is 1. The molecule has 0 aromatic carbocycles. The highest BCUT2D eigenvalue weighted by molar-refractivity contribution is 5.72. The first-order valence-corrected chi connectivity index (χ1v) is 6.60. The van der Waals surface area contributed by atoms with Crippen molar-refractivity contribution in [1.29, 1.82) is 0 Å². The van der Waals surface area contributed by atoms with E-state index in [1.807, 2.05) is 0 Å². The molecule has 1 aliphatic heterocycles. The van der Waals surface area contributed by atoms with E-state index in [0.29, 0.717) is 26.9 Å². The van der Waals surface area contributed by atoms with Crippen LogP contribution in [0, 0.1) is 0 Å². The van der Waals surface area contributed by atoms with Gasteiger partial charge in [0.25, 0.3) is 5.60 Å². The van der Waals surface area contributed by atoms with E-state index in [1.54, 1.807) is 0 Å². The van der Waals surface area contributed by atoms with E-state index in [2.05, 4.69) is 4.74 Å². The minimum atomic E-state index is -6.08. The van der Waals surface area contributed by atoms with Crippen molar-refractivity contribution < 1.29 is 45.7 Å². The molecule has 0 atom stereocenters. The Morgan fingerprint density at radius 1 is 1.09 bits per heavy atom. The Labute approximate surface area is 128 Å². The minimum Gasteiger partial charge on any atom is -0.455 e. The van der Waals surface area contributed by atoms with Crippen LogP contribution in [-0.4, -0.2) is 72.4 Å². The fourth-order valence-electron chi connectivity index (χ4n) is 2.18. The first-order valence-electron chi connectivity index (χ1n) is 6.60. The maximum absolute atomic E-state index is 12.8. The third kappa shape index (κ3) is 4.07. The summed E-state index contributed by atoms with van der Waals surface area (Å²) in [6.07, 6.45) is -12.2. The van der Waals surface area contributed by atoms with Crippen molar-refractivity contribution in [3.8, 4) is 0 Å². The second-order valence-corrected chi connectivity index (χ2v) is 5.58. The largest absolute Gasteiger partial charge is 0.455 e. The first kappa shape index (κ1) is 20.0. The van der Waals surface area contributed by atoms with Crippen LogP contribution in [0.15, 0.2) is 0 Å². The van der Waals surface area contributed by atoms with Crippen molar-refractivity contribution in [1.82, 2.24) is 4.90 Å². The number of rotatable bonds is 4. The smallest absolute Gasteiger partial charge is 0.430 e. The second kappa shape index (κ2) is 6.44. The summed E-state index contributed by atoms with van der Waals surface area (Å²) in [5, 5.41) is 9.31. The Kier molecular flexibility index (Phi) is 5.59. The van der Waals surface area contributed by atoms with Gasteiger partial charge in [-0.15, -0.1) is 0 Å². The molecule has 1 saturated heterocycles. The fraction of sp³-hybridized carbons (Fsp3) is 0.917. The van der Waals surface area contributed by atoms with Crippen LogP contribution in [-0.2, 0) is 14.3 Å². The highest BCUT2D eigenvalue weighted by Gasteiger charge is 2.78. The zero-order valence-electron chi connectivity index (χ0n) is 12.4. The zero-order valence-corrected chi connectivity index (χ0v) is 12.4. The molecule has 0 aliphatic carbocycles. The predicted molar refractivity (Wildman–Crippen MR) is 64.5 cm³/mol. The summed E-state index contributed by atoms with van der Waals surface area (Å²) < 4.78 is 86.2. The molecule has 0 spiro atoms. The third-order valence-electron chi connectivity index (χ3n) is 3.52. The molecule has 1 heterocycles. The van der Waals surface area contributed by atoms with Gasteiger partial charge in [0.1, 0.15) is 0 Å². The van der Waals surface area contributed by atoms with Crippen LogP contribution in [0.1, 0.15) is 13.8 Å². The molecule has 11 heteroatoms. The molecule has 5 nitrogen and oxygen atoms in total. The highest BCUT2D eigenvalue weighted by atomic mass is 19.4. The maximum atomic E-state index is 12.8. The van der Waals surface area contributed by atoms with E-state index in [9.17, 15) is 36.2 Å². The molecule has 1 rings (SSSR count). The molecule has 0 bridgehead atoms. The zero-order chi connectivity index (χ0) is 18.1. The number of morpholine rings is 1. The summed E-state index contributed by atoms with van der Waals surface area (Å²) in [5.74, 6) is -1.30. The number of carbonyl (C=O) groups is 1. The SMILES string of the molecule is CC(C)(OC(=O)CN1CCOCC1)C(O)(C(F)(F)F)C(F)(F)F. The average molecular weight is 353 g/mol. The normalized spacial score (nSPS) is 18.8. The summed E-state index contributed by atoms with van der Waals surface area (Å²) in [4.78, 5) is 13.1. The Bertz CT molecular complexity index is 414. The Hall–Kier alpha value is -1.07. The lowest BCUT2D eigenvalue weighted by Gasteiger charge is -2.43. The molecule has 1 fully saturated rings. The van der Waals surface area contributed by atoms with Gasteiger partial charge in [-0.25, -0.2) is 0 Å². The monoisotopic (exact) mass is 353 g/mol. The fourth-order valence-corrected chi connectivity index (χ4v) is 2.18. The van der Waals surface area contributed by atoms with Gasteiger partial charge < -0.3 is 14.6 Å². The van der Waals surface area contributed by atoms with Crippen molar-refractivity contribution in [3.63, 3.8) is 0 Å². The van der Waals surface area contributed by atoms with E-state index in [0.717, 1.165) is 0 Å². The van der Waals surface area contributed by atoms with Crippen molar-refractivity contribution in [2.45, 2.75) is 37.4 Å². The van der Waals surface area contributed by atoms with Gasteiger partial charge in [-0.05, 0) is 13.8 Å². The molecule has 0 radical (unpaired) electrons. The summed E-state index contributed by atoms with van der Waals surface area (Å²) in [5.41, 5.74) is -8.44. The third-order valence-corrected chi connectivity index (χ3v) is 3.52. The van der Waals surface area contributed by atoms with E-state index in [4.69, 9.17) is 4.74 Å². The molecule has 0 aromatic rings. The van der Waals surface area contributed by atoms with Crippen LogP contribution < -0.4 is 0 Å². The lowest BCUT2D eigenvalue weighted by molar-refractivity contribution is -0.407. The average Bonchev–Trinajstić information content (AvgIpc) is 2.35.